The van der Waals surface area contributed by atoms with Crippen LogP contribution in [0.15, 0.2) is 35.8 Å². The third kappa shape index (κ3) is 2.94. The highest BCUT2D eigenvalue weighted by molar-refractivity contribution is 6.30. The smallest absolute Gasteiger partial charge is 0.422 e. The Morgan fingerprint density at radius 1 is 0.944 bits per heavy atom. The van der Waals surface area contributed by atoms with Crippen LogP contribution in [0.4, 0.5) is 0 Å². The normalized spacial score (nSPS) is 18.4. The van der Waals surface area contributed by atoms with E-state index in [2.05, 4.69) is 6.58 Å². The Morgan fingerprint density at radius 3 is 1.94 bits per heavy atom. The number of ether oxygens (including phenoxy) is 2. The minimum Gasteiger partial charge on any atom is -0.423 e. The second-order valence-corrected chi connectivity index (χ2v) is 4.12. The number of esters is 2. The van der Waals surface area contributed by atoms with Crippen molar-refractivity contribution in [3.05, 3.63) is 35.8 Å². The maximum Gasteiger partial charge on any atom is 0.422 e. The van der Waals surface area contributed by atoms with Gasteiger partial charge in [-0.05, 0) is 12.5 Å². The molecule has 0 aromatic heterocycles. The van der Waals surface area contributed by atoms with Gasteiger partial charge in [0, 0.05) is 25.3 Å². The molecule has 0 heterocycles. The summed E-state index contributed by atoms with van der Waals surface area (Å²) in [4.78, 5) is 33.7. The molecule has 0 spiro atoms. The minimum atomic E-state index is -1.10. The summed E-state index contributed by atoms with van der Waals surface area (Å²) in [6.45, 7) is 3.72. The Balaban J connectivity index is 1.87. The summed E-state index contributed by atoms with van der Waals surface area (Å²) >= 11 is 0. The molecule has 5 heteroatoms. The number of carbonyl (C=O) groups is 3. The van der Waals surface area contributed by atoms with Crippen LogP contribution in [-0.2, 0) is 23.9 Å². The summed E-state index contributed by atoms with van der Waals surface area (Å²) in [6.07, 6.45) is 4.78. The fourth-order valence-corrected chi connectivity index (χ4v) is 1.71. The summed E-state index contributed by atoms with van der Waals surface area (Å²) < 4.78 is 9.61. The molecule has 0 aromatic carbocycles. The van der Waals surface area contributed by atoms with Crippen LogP contribution in [-0.4, -0.2) is 17.7 Å². The van der Waals surface area contributed by atoms with Crippen LogP contribution in [0.3, 0.4) is 0 Å². The quantitative estimate of drug-likeness (QED) is 0.547. The van der Waals surface area contributed by atoms with E-state index in [-0.39, 0.29) is 11.5 Å². The first-order valence-corrected chi connectivity index (χ1v) is 5.60. The summed E-state index contributed by atoms with van der Waals surface area (Å²) in [7, 11) is 0. The zero-order chi connectivity index (χ0) is 13.1. The van der Waals surface area contributed by atoms with E-state index >= 15 is 0 Å². The standard InChI is InChI=1S/C13H12O5/c1-8-2-4-10(6-8)17-12(15)13(16)18-11-5-3-9(14)7-11/h6-7H,1-5H2. The van der Waals surface area contributed by atoms with Gasteiger partial charge in [-0.15, -0.1) is 0 Å². The van der Waals surface area contributed by atoms with Crippen LogP contribution in [0.1, 0.15) is 25.7 Å². The van der Waals surface area contributed by atoms with Crippen molar-refractivity contribution in [2.75, 3.05) is 0 Å². The number of ketones is 1. The summed E-state index contributed by atoms with van der Waals surface area (Å²) in [5, 5.41) is 0. The Morgan fingerprint density at radius 2 is 1.50 bits per heavy atom. The first-order valence-electron chi connectivity index (χ1n) is 5.60. The largest absolute Gasteiger partial charge is 0.423 e. The van der Waals surface area contributed by atoms with E-state index in [0.29, 0.717) is 25.0 Å². The highest BCUT2D eigenvalue weighted by Crippen LogP contribution is 2.23. The fourth-order valence-electron chi connectivity index (χ4n) is 1.71. The molecule has 0 saturated carbocycles. The lowest BCUT2D eigenvalue weighted by Gasteiger charge is -2.05. The molecule has 5 nitrogen and oxygen atoms in total. The molecular formula is C13H12O5. The number of hydrogen-bond donors (Lipinski definition) is 0. The average molecular weight is 248 g/mol. The highest BCUT2D eigenvalue weighted by atomic mass is 16.6. The first-order chi connectivity index (χ1) is 8.54. The Labute approximate surface area is 104 Å². The number of carbonyl (C=O) groups excluding carboxylic acids is 3. The van der Waals surface area contributed by atoms with Gasteiger partial charge in [-0.1, -0.05) is 12.2 Å². The second kappa shape index (κ2) is 5.00. The summed E-state index contributed by atoms with van der Waals surface area (Å²) in [5.41, 5.74) is 0.857. The Hall–Kier alpha value is -2.17. The van der Waals surface area contributed by atoms with Gasteiger partial charge in [0.25, 0.3) is 0 Å². The second-order valence-electron chi connectivity index (χ2n) is 4.12. The van der Waals surface area contributed by atoms with Gasteiger partial charge in [-0.25, -0.2) is 9.59 Å². The van der Waals surface area contributed by atoms with Crippen molar-refractivity contribution in [2.45, 2.75) is 25.7 Å². The molecule has 94 valence electrons. The predicted molar refractivity (Wildman–Crippen MR) is 61.0 cm³/mol. The molecule has 0 fully saturated rings. The molecule has 2 aliphatic carbocycles. The van der Waals surface area contributed by atoms with Crippen molar-refractivity contribution in [2.24, 2.45) is 0 Å². The molecule has 0 saturated heterocycles. The maximum atomic E-state index is 11.4. The van der Waals surface area contributed by atoms with E-state index in [1.165, 1.54) is 6.08 Å². The Bertz CT molecular complexity index is 450. The average Bonchev–Trinajstić information content (AvgIpc) is 2.88. The molecule has 2 aliphatic rings. The van der Waals surface area contributed by atoms with Gasteiger partial charge in [-0.2, -0.15) is 0 Å². The van der Waals surface area contributed by atoms with Crippen LogP contribution in [0.25, 0.3) is 0 Å². The van der Waals surface area contributed by atoms with Gasteiger partial charge in [0.15, 0.2) is 5.78 Å². The predicted octanol–water partition coefficient (Wildman–Crippen LogP) is 1.55. The zero-order valence-electron chi connectivity index (χ0n) is 9.73. The zero-order valence-corrected chi connectivity index (χ0v) is 9.73. The highest BCUT2D eigenvalue weighted by Gasteiger charge is 2.24. The maximum absolute atomic E-state index is 11.4. The lowest BCUT2D eigenvalue weighted by molar-refractivity contribution is -0.162. The van der Waals surface area contributed by atoms with E-state index in [0.717, 1.165) is 12.0 Å². The monoisotopic (exact) mass is 248 g/mol. The van der Waals surface area contributed by atoms with Crippen LogP contribution in [0, 0.1) is 0 Å². The van der Waals surface area contributed by atoms with Gasteiger partial charge in [0.1, 0.15) is 11.5 Å². The van der Waals surface area contributed by atoms with Crippen LogP contribution in [0.2, 0.25) is 0 Å². The lowest BCUT2D eigenvalue weighted by Crippen LogP contribution is -2.19. The molecule has 0 radical (unpaired) electrons. The van der Waals surface area contributed by atoms with Crippen LogP contribution < -0.4 is 0 Å². The summed E-state index contributed by atoms with van der Waals surface area (Å²) in [5.74, 6) is -1.66. The molecule has 0 aliphatic heterocycles. The Kier molecular flexibility index (Phi) is 3.41. The molecule has 18 heavy (non-hydrogen) atoms. The van der Waals surface area contributed by atoms with Crippen molar-refractivity contribution in [3.63, 3.8) is 0 Å². The van der Waals surface area contributed by atoms with Crippen molar-refractivity contribution in [1.29, 1.82) is 0 Å². The van der Waals surface area contributed by atoms with E-state index in [1.54, 1.807) is 6.08 Å². The summed E-state index contributed by atoms with van der Waals surface area (Å²) in [6, 6.07) is 0. The topological polar surface area (TPSA) is 69.7 Å². The fraction of sp³-hybridized carbons (Fsp3) is 0.308. The number of rotatable bonds is 2. The van der Waals surface area contributed by atoms with Gasteiger partial charge in [-0.3, -0.25) is 4.79 Å². The van der Waals surface area contributed by atoms with Gasteiger partial charge >= 0.3 is 11.9 Å². The van der Waals surface area contributed by atoms with Crippen molar-refractivity contribution < 1.29 is 23.9 Å². The number of hydrogen-bond acceptors (Lipinski definition) is 5. The minimum absolute atomic E-state index is 0.110. The molecule has 0 aromatic rings. The van der Waals surface area contributed by atoms with E-state index in [4.69, 9.17) is 9.47 Å². The van der Waals surface area contributed by atoms with Crippen molar-refractivity contribution >= 4 is 17.7 Å². The van der Waals surface area contributed by atoms with Crippen LogP contribution in [0.5, 0.6) is 0 Å². The molecule has 0 N–H and O–H groups in total. The molecule has 0 bridgehead atoms. The van der Waals surface area contributed by atoms with Gasteiger partial charge < -0.3 is 9.47 Å². The number of allylic oxidation sites excluding steroid dienone is 5. The molecule has 0 amide bonds. The van der Waals surface area contributed by atoms with Crippen molar-refractivity contribution in [3.8, 4) is 0 Å². The first kappa shape index (κ1) is 12.3. The molecular weight excluding hydrogens is 236 g/mol. The van der Waals surface area contributed by atoms with Crippen molar-refractivity contribution in [1.82, 2.24) is 0 Å². The van der Waals surface area contributed by atoms with Crippen LogP contribution >= 0.6 is 0 Å². The van der Waals surface area contributed by atoms with Gasteiger partial charge in [0.2, 0.25) is 0 Å². The molecule has 0 unspecified atom stereocenters. The third-order valence-electron chi connectivity index (χ3n) is 2.61. The lowest BCUT2D eigenvalue weighted by atomic mass is 10.3. The van der Waals surface area contributed by atoms with E-state index < -0.39 is 11.9 Å². The van der Waals surface area contributed by atoms with E-state index in [9.17, 15) is 14.4 Å². The molecule has 2 rings (SSSR count). The SMILES string of the molecule is C=C1C=C(OC(=O)C(=O)OC2=CC(=O)CC2)CC1. The van der Waals surface area contributed by atoms with E-state index in [1.807, 2.05) is 0 Å². The van der Waals surface area contributed by atoms with Gasteiger partial charge in [0.05, 0.1) is 0 Å². The third-order valence-corrected chi connectivity index (χ3v) is 2.61. The molecule has 0 atom stereocenters.